The van der Waals surface area contributed by atoms with Crippen LogP contribution in [0, 0.1) is 0 Å². The molecular weight excluding hydrogens is 194 g/mol. The van der Waals surface area contributed by atoms with Gasteiger partial charge in [0.25, 0.3) is 0 Å². The van der Waals surface area contributed by atoms with Gasteiger partial charge in [-0.25, -0.2) is 0 Å². The Labute approximate surface area is 70.6 Å². The van der Waals surface area contributed by atoms with Crippen molar-refractivity contribution >= 4 is 15.9 Å². The van der Waals surface area contributed by atoms with E-state index in [1.165, 1.54) is 0 Å². The topological polar surface area (TPSA) is 35.2 Å². The Bertz CT molecular complexity index is 114. The molecule has 0 saturated carbocycles. The highest BCUT2D eigenvalue weighted by Gasteiger charge is 2.04. The standard InChI is InChI=1S/C7H14BrNO/c1-3-6(9)7(10-2)4-5-8/h4,6H,3,5,9H2,1-2H3/b7-4-. The van der Waals surface area contributed by atoms with Gasteiger partial charge in [-0.3, -0.25) is 0 Å². The second kappa shape index (κ2) is 5.74. The molecule has 3 heteroatoms. The van der Waals surface area contributed by atoms with E-state index < -0.39 is 0 Å². The Balaban J connectivity index is 3.92. The molecule has 0 aromatic rings. The quantitative estimate of drug-likeness (QED) is 0.563. The summed E-state index contributed by atoms with van der Waals surface area (Å²) in [4.78, 5) is 0. The van der Waals surface area contributed by atoms with Crippen LogP contribution in [0.2, 0.25) is 0 Å². The molecule has 0 aliphatic rings. The minimum Gasteiger partial charge on any atom is -0.500 e. The van der Waals surface area contributed by atoms with E-state index in [0.717, 1.165) is 17.5 Å². The molecule has 2 nitrogen and oxygen atoms in total. The van der Waals surface area contributed by atoms with Crippen LogP contribution < -0.4 is 5.73 Å². The molecule has 10 heavy (non-hydrogen) atoms. The highest BCUT2D eigenvalue weighted by atomic mass is 79.9. The van der Waals surface area contributed by atoms with Crippen LogP contribution in [0.25, 0.3) is 0 Å². The zero-order valence-corrected chi connectivity index (χ0v) is 8.02. The number of ether oxygens (including phenoxy) is 1. The van der Waals surface area contributed by atoms with Crippen LogP contribution >= 0.6 is 15.9 Å². The van der Waals surface area contributed by atoms with Gasteiger partial charge < -0.3 is 10.5 Å². The summed E-state index contributed by atoms with van der Waals surface area (Å²) < 4.78 is 5.05. The zero-order valence-electron chi connectivity index (χ0n) is 6.43. The Morgan fingerprint density at radius 3 is 2.70 bits per heavy atom. The Hall–Kier alpha value is -0.0200. The molecule has 0 heterocycles. The molecule has 0 aromatic carbocycles. The fourth-order valence-corrected chi connectivity index (χ4v) is 0.982. The second-order valence-corrected chi connectivity index (χ2v) is 2.63. The monoisotopic (exact) mass is 207 g/mol. The van der Waals surface area contributed by atoms with Crippen molar-refractivity contribution in [2.75, 3.05) is 12.4 Å². The lowest BCUT2D eigenvalue weighted by atomic mass is 10.2. The van der Waals surface area contributed by atoms with Gasteiger partial charge in [0.2, 0.25) is 0 Å². The maximum atomic E-state index is 5.70. The van der Waals surface area contributed by atoms with Crippen LogP contribution in [0.15, 0.2) is 11.8 Å². The minimum absolute atomic E-state index is 0.0440. The number of hydrogen-bond donors (Lipinski definition) is 1. The SMILES string of the molecule is CCC(N)/C(=C/CBr)OC. The number of methoxy groups -OCH3 is 1. The first-order chi connectivity index (χ1) is 4.76. The third-order valence-electron chi connectivity index (χ3n) is 1.32. The smallest absolute Gasteiger partial charge is 0.109 e. The molecule has 1 atom stereocenters. The van der Waals surface area contributed by atoms with Gasteiger partial charge in [0.05, 0.1) is 13.2 Å². The van der Waals surface area contributed by atoms with Gasteiger partial charge in [-0.15, -0.1) is 0 Å². The number of allylic oxidation sites excluding steroid dienone is 1. The fraction of sp³-hybridized carbons (Fsp3) is 0.714. The average molecular weight is 208 g/mol. The molecular formula is C7H14BrNO. The Morgan fingerprint density at radius 1 is 1.80 bits per heavy atom. The van der Waals surface area contributed by atoms with Crippen LogP contribution in [0.1, 0.15) is 13.3 Å². The largest absolute Gasteiger partial charge is 0.500 e. The van der Waals surface area contributed by atoms with Crippen molar-refractivity contribution in [3.63, 3.8) is 0 Å². The van der Waals surface area contributed by atoms with Crippen LogP contribution in [0.3, 0.4) is 0 Å². The van der Waals surface area contributed by atoms with Crippen molar-refractivity contribution in [3.05, 3.63) is 11.8 Å². The average Bonchev–Trinajstić information content (AvgIpc) is 1.99. The van der Waals surface area contributed by atoms with E-state index in [-0.39, 0.29) is 6.04 Å². The van der Waals surface area contributed by atoms with E-state index in [9.17, 15) is 0 Å². The van der Waals surface area contributed by atoms with E-state index in [1.807, 2.05) is 13.0 Å². The van der Waals surface area contributed by atoms with Crippen LogP contribution in [-0.2, 0) is 4.74 Å². The van der Waals surface area contributed by atoms with Crippen molar-refractivity contribution in [1.82, 2.24) is 0 Å². The molecule has 0 bridgehead atoms. The predicted molar refractivity (Wildman–Crippen MR) is 47.2 cm³/mol. The first-order valence-electron chi connectivity index (χ1n) is 3.31. The van der Waals surface area contributed by atoms with E-state index in [4.69, 9.17) is 10.5 Å². The van der Waals surface area contributed by atoms with Crippen molar-refractivity contribution in [1.29, 1.82) is 0 Å². The lowest BCUT2D eigenvalue weighted by Crippen LogP contribution is -2.22. The molecule has 1 unspecified atom stereocenters. The lowest BCUT2D eigenvalue weighted by molar-refractivity contribution is 0.262. The van der Waals surface area contributed by atoms with Crippen LogP contribution in [0.5, 0.6) is 0 Å². The molecule has 60 valence electrons. The molecule has 2 N–H and O–H groups in total. The summed E-state index contributed by atoms with van der Waals surface area (Å²) in [6.45, 7) is 2.03. The summed E-state index contributed by atoms with van der Waals surface area (Å²) in [5.41, 5.74) is 5.70. The van der Waals surface area contributed by atoms with Crippen LogP contribution in [-0.4, -0.2) is 18.5 Å². The van der Waals surface area contributed by atoms with E-state index in [0.29, 0.717) is 0 Å². The summed E-state index contributed by atoms with van der Waals surface area (Å²) in [5.74, 6) is 0.861. The van der Waals surface area contributed by atoms with Crippen molar-refractivity contribution in [3.8, 4) is 0 Å². The summed E-state index contributed by atoms with van der Waals surface area (Å²) in [5, 5.41) is 0.796. The normalized spacial score (nSPS) is 15.0. The molecule has 0 aromatic heterocycles. The van der Waals surface area contributed by atoms with E-state index >= 15 is 0 Å². The first kappa shape index (κ1) is 9.98. The number of hydrogen-bond acceptors (Lipinski definition) is 2. The number of alkyl halides is 1. The Morgan fingerprint density at radius 2 is 2.40 bits per heavy atom. The third kappa shape index (κ3) is 3.22. The van der Waals surface area contributed by atoms with Gasteiger partial charge in [0.15, 0.2) is 0 Å². The summed E-state index contributed by atoms with van der Waals surface area (Å²) in [6, 6.07) is 0.0440. The minimum atomic E-state index is 0.0440. The van der Waals surface area contributed by atoms with Gasteiger partial charge in [0.1, 0.15) is 5.76 Å². The van der Waals surface area contributed by atoms with Gasteiger partial charge in [-0.05, 0) is 12.5 Å². The number of nitrogens with two attached hydrogens (primary N) is 1. The lowest BCUT2D eigenvalue weighted by Gasteiger charge is -2.11. The van der Waals surface area contributed by atoms with Gasteiger partial charge in [-0.1, -0.05) is 22.9 Å². The summed E-state index contributed by atoms with van der Waals surface area (Å²) in [7, 11) is 1.64. The molecule has 0 saturated heterocycles. The predicted octanol–water partition coefficient (Wildman–Crippen LogP) is 1.65. The van der Waals surface area contributed by atoms with Gasteiger partial charge >= 0.3 is 0 Å². The van der Waals surface area contributed by atoms with E-state index in [2.05, 4.69) is 15.9 Å². The summed E-state index contributed by atoms with van der Waals surface area (Å²) in [6.07, 6.45) is 2.85. The van der Waals surface area contributed by atoms with Crippen molar-refractivity contribution in [2.45, 2.75) is 19.4 Å². The highest BCUT2D eigenvalue weighted by molar-refractivity contribution is 9.09. The number of halogens is 1. The fourth-order valence-electron chi connectivity index (χ4n) is 0.663. The van der Waals surface area contributed by atoms with Crippen molar-refractivity contribution in [2.24, 2.45) is 5.73 Å². The highest BCUT2D eigenvalue weighted by Crippen LogP contribution is 2.04. The maximum Gasteiger partial charge on any atom is 0.109 e. The second-order valence-electron chi connectivity index (χ2n) is 1.98. The molecule has 0 aliphatic carbocycles. The molecule has 0 rings (SSSR count). The molecule has 0 radical (unpaired) electrons. The number of rotatable bonds is 4. The molecule has 0 amide bonds. The van der Waals surface area contributed by atoms with Crippen molar-refractivity contribution < 1.29 is 4.74 Å². The zero-order chi connectivity index (χ0) is 7.98. The first-order valence-corrected chi connectivity index (χ1v) is 4.44. The summed E-state index contributed by atoms with van der Waals surface area (Å²) >= 11 is 3.28. The molecule has 0 aliphatic heterocycles. The maximum absolute atomic E-state index is 5.70. The molecule has 0 fully saturated rings. The Kier molecular flexibility index (Phi) is 5.73. The van der Waals surface area contributed by atoms with Gasteiger partial charge in [-0.2, -0.15) is 0 Å². The van der Waals surface area contributed by atoms with E-state index in [1.54, 1.807) is 7.11 Å². The third-order valence-corrected chi connectivity index (χ3v) is 1.64. The van der Waals surface area contributed by atoms with Crippen LogP contribution in [0.4, 0.5) is 0 Å². The molecule has 0 spiro atoms. The van der Waals surface area contributed by atoms with Gasteiger partial charge in [0, 0.05) is 5.33 Å².